The Balaban J connectivity index is 1.83. The van der Waals surface area contributed by atoms with E-state index in [-0.39, 0.29) is 5.41 Å². The first kappa shape index (κ1) is 16.5. The van der Waals surface area contributed by atoms with Crippen LogP contribution in [0.2, 0.25) is 0 Å². The van der Waals surface area contributed by atoms with Gasteiger partial charge in [-0.2, -0.15) is 0 Å². The third-order valence-corrected chi connectivity index (χ3v) is 6.21. The lowest BCUT2D eigenvalue weighted by Crippen LogP contribution is -2.13. The lowest BCUT2D eigenvalue weighted by Gasteiger charge is -2.22. The summed E-state index contributed by atoms with van der Waals surface area (Å²) in [6, 6.07) is 15.0. The van der Waals surface area contributed by atoms with Crippen molar-refractivity contribution in [3.05, 3.63) is 65.2 Å². The van der Waals surface area contributed by atoms with Gasteiger partial charge in [0.15, 0.2) is 0 Å². The largest absolute Gasteiger partial charge is 0.455 e. The summed E-state index contributed by atoms with van der Waals surface area (Å²) in [6.07, 6.45) is 1.98. The highest BCUT2D eigenvalue weighted by atomic mass is 32.1. The van der Waals surface area contributed by atoms with E-state index in [1.165, 1.54) is 26.6 Å². The maximum absolute atomic E-state index is 6.34. The molecule has 0 aliphatic carbocycles. The molecule has 3 heterocycles. The van der Waals surface area contributed by atoms with Gasteiger partial charge in [0.05, 0.1) is 5.69 Å². The van der Waals surface area contributed by atoms with Crippen molar-refractivity contribution in [2.24, 2.45) is 0 Å². The van der Waals surface area contributed by atoms with Gasteiger partial charge in [0.1, 0.15) is 11.2 Å². The van der Waals surface area contributed by atoms with Crippen molar-refractivity contribution in [2.75, 3.05) is 0 Å². The van der Waals surface area contributed by atoms with Gasteiger partial charge in [0.2, 0.25) is 0 Å². The second-order valence-electron chi connectivity index (χ2n) is 8.20. The molecule has 0 amide bonds. The summed E-state index contributed by atoms with van der Waals surface area (Å²) in [7, 11) is 0. The number of para-hydroxylation sites is 1. The van der Waals surface area contributed by atoms with E-state index in [9.17, 15) is 0 Å². The number of fused-ring (bicyclic) bond motifs is 5. The maximum atomic E-state index is 6.34. The third-order valence-electron chi connectivity index (χ3n) is 5.27. The quantitative estimate of drug-likeness (QED) is 0.305. The maximum Gasteiger partial charge on any atom is 0.144 e. The van der Waals surface area contributed by atoms with Crippen LogP contribution in [0.15, 0.2) is 58.5 Å². The second kappa shape index (κ2) is 5.67. The number of furan rings is 1. The number of thiophene rings is 1. The average molecular weight is 372 g/mol. The molecule has 0 radical (unpaired) electrons. The molecule has 0 aliphatic rings. The van der Waals surface area contributed by atoms with Crippen LogP contribution in [0.5, 0.6) is 0 Å². The Morgan fingerprint density at radius 1 is 1.04 bits per heavy atom. The Hall–Kier alpha value is -2.65. The molecule has 0 bridgehead atoms. The van der Waals surface area contributed by atoms with Crippen molar-refractivity contribution < 1.29 is 4.42 Å². The Kier molecular flexibility index (Phi) is 3.47. The van der Waals surface area contributed by atoms with Gasteiger partial charge in [-0.1, -0.05) is 32.9 Å². The lowest BCUT2D eigenvalue weighted by molar-refractivity contribution is 0.585. The molecule has 134 valence electrons. The standard InChI is InChI=1S/C24H21NOS/c1-14-13-25-19(12-18(14)24(2,3)4)16-6-5-7-17-21-20(26-22(16)17)9-8-15-10-11-27-23(15)21/h5-13H,1-4H3. The van der Waals surface area contributed by atoms with Gasteiger partial charge >= 0.3 is 0 Å². The van der Waals surface area contributed by atoms with Gasteiger partial charge < -0.3 is 4.42 Å². The van der Waals surface area contributed by atoms with Crippen LogP contribution < -0.4 is 0 Å². The van der Waals surface area contributed by atoms with Crippen molar-refractivity contribution >= 4 is 43.4 Å². The van der Waals surface area contributed by atoms with Crippen molar-refractivity contribution in [3.8, 4) is 11.3 Å². The fourth-order valence-corrected chi connectivity index (χ4v) is 4.94. The molecule has 27 heavy (non-hydrogen) atoms. The number of nitrogens with zero attached hydrogens (tertiary/aromatic N) is 1. The number of rotatable bonds is 1. The van der Waals surface area contributed by atoms with E-state index >= 15 is 0 Å². The Morgan fingerprint density at radius 3 is 2.70 bits per heavy atom. The summed E-state index contributed by atoms with van der Waals surface area (Å²) in [4.78, 5) is 4.74. The van der Waals surface area contributed by atoms with Gasteiger partial charge in [-0.15, -0.1) is 11.3 Å². The molecule has 3 aromatic heterocycles. The van der Waals surface area contributed by atoms with Gasteiger partial charge in [-0.25, -0.2) is 0 Å². The first-order valence-electron chi connectivity index (χ1n) is 9.22. The molecule has 2 aromatic carbocycles. The predicted octanol–water partition coefficient (Wildman–Crippen LogP) is 7.47. The van der Waals surface area contributed by atoms with Crippen LogP contribution in [0.4, 0.5) is 0 Å². The van der Waals surface area contributed by atoms with Gasteiger partial charge in [0.25, 0.3) is 0 Å². The topological polar surface area (TPSA) is 26.0 Å². The number of benzene rings is 2. The average Bonchev–Trinajstić information content (AvgIpc) is 3.24. The zero-order valence-corrected chi connectivity index (χ0v) is 16.8. The number of hydrogen-bond acceptors (Lipinski definition) is 3. The van der Waals surface area contributed by atoms with Gasteiger partial charge in [-0.3, -0.25) is 4.98 Å². The molecule has 0 spiro atoms. The van der Waals surface area contributed by atoms with E-state index in [1.54, 1.807) is 11.3 Å². The van der Waals surface area contributed by atoms with Crippen molar-refractivity contribution in [1.29, 1.82) is 0 Å². The molecular weight excluding hydrogens is 350 g/mol. The Labute approximate surface area is 162 Å². The Morgan fingerprint density at radius 2 is 1.89 bits per heavy atom. The molecule has 0 atom stereocenters. The van der Waals surface area contributed by atoms with Crippen molar-refractivity contribution in [1.82, 2.24) is 4.98 Å². The molecule has 3 heteroatoms. The Bertz CT molecular complexity index is 1320. The van der Waals surface area contributed by atoms with E-state index < -0.39 is 0 Å². The minimum absolute atomic E-state index is 0.0761. The molecule has 5 aromatic rings. The van der Waals surface area contributed by atoms with Crippen LogP contribution in [0.1, 0.15) is 31.9 Å². The lowest BCUT2D eigenvalue weighted by atomic mass is 9.84. The van der Waals surface area contributed by atoms with E-state index in [1.807, 2.05) is 6.20 Å². The van der Waals surface area contributed by atoms with Crippen LogP contribution in [0, 0.1) is 6.92 Å². The highest BCUT2D eigenvalue weighted by Gasteiger charge is 2.20. The van der Waals surface area contributed by atoms with Crippen LogP contribution in [-0.2, 0) is 5.41 Å². The van der Waals surface area contributed by atoms with Crippen LogP contribution in [-0.4, -0.2) is 4.98 Å². The van der Waals surface area contributed by atoms with Gasteiger partial charge in [-0.05, 0) is 64.6 Å². The molecule has 0 unspecified atom stereocenters. The van der Waals surface area contributed by atoms with Crippen LogP contribution in [0.3, 0.4) is 0 Å². The molecular formula is C24H21NOS. The zero-order chi connectivity index (χ0) is 18.8. The SMILES string of the molecule is Cc1cnc(-c2cccc3c2oc2ccc4ccsc4c23)cc1C(C)(C)C. The molecule has 0 N–H and O–H groups in total. The smallest absolute Gasteiger partial charge is 0.144 e. The zero-order valence-electron chi connectivity index (χ0n) is 16.0. The molecule has 2 nitrogen and oxygen atoms in total. The number of hydrogen-bond donors (Lipinski definition) is 0. The highest BCUT2D eigenvalue weighted by Crippen LogP contribution is 2.40. The summed E-state index contributed by atoms with van der Waals surface area (Å²) in [6.45, 7) is 8.86. The molecule has 0 saturated heterocycles. The van der Waals surface area contributed by atoms with Crippen LogP contribution >= 0.6 is 11.3 Å². The first-order chi connectivity index (χ1) is 12.9. The number of aromatic nitrogens is 1. The minimum Gasteiger partial charge on any atom is -0.455 e. The van der Waals surface area contributed by atoms with E-state index in [2.05, 4.69) is 75.5 Å². The predicted molar refractivity (Wildman–Crippen MR) is 116 cm³/mol. The molecule has 0 aliphatic heterocycles. The van der Waals surface area contributed by atoms with E-state index in [0.717, 1.165) is 27.8 Å². The van der Waals surface area contributed by atoms with Gasteiger partial charge in [0, 0.05) is 27.2 Å². The molecule has 0 fully saturated rings. The fourth-order valence-electron chi connectivity index (χ4n) is 3.99. The molecule has 5 rings (SSSR count). The monoisotopic (exact) mass is 371 g/mol. The van der Waals surface area contributed by atoms with Crippen molar-refractivity contribution in [3.63, 3.8) is 0 Å². The summed E-state index contributed by atoms with van der Waals surface area (Å²) in [5, 5.41) is 5.78. The second-order valence-corrected chi connectivity index (χ2v) is 9.11. The number of pyridine rings is 1. The summed E-state index contributed by atoms with van der Waals surface area (Å²) >= 11 is 1.77. The summed E-state index contributed by atoms with van der Waals surface area (Å²) in [5.74, 6) is 0. The highest BCUT2D eigenvalue weighted by molar-refractivity contribution is 7.18. The summed E-state index contributed by atoms with van der Waals surface area (Å²) in [5.41, 5.74) is 6.51. The van der Waals surface area contributed by atoms with E-state index in [4.69, 9.17) is 9.40 Å². The summed E-state index contributed by atoms with van der Waals surface area (Å²) < 4.78 is 7.63. The minimum atomic E-state index is 0.0761. The fraction of sp³-hybridized carbons (Fsp3) is 0.208. The first-order valence-corrected chi connectivity index (χ1v) is 10.1. The molecule has 0 saturated carbocycles. The third kappa shape index (κ3) is 2.49. The van der Waals surface area contributed by atoms with E-state index in [0.29, 0.717) is 0 Å². The van der Waals surface area contributed by atoms with Crippen LogP contribution in [0.25, 0.3) is 43.3 Å². The normalized spacial score (nSPS) is 12.4. The number of aryl methyl sites for hydroxylation is 1. The van der Waals surface area contributed by atoms with Crippen molar-refractivity contribution in [2.45, 2.75) is 33.1 Å².